The number of rotatable bonds is 4. The Bertz CT molecular complexity index is 1060. The van der Waals surface area contributed by atoms with Crippen LogP contribution in [0.3, 0.4) is 0 Å². The van der Waals surface area contributed by atoms with E-state index >= 15 is 0 Å². The van der Waals surface area contributed by atoms with Crippen molar-refractivity contribution in [1.82, 2.24) is 4.90 Å². The summed E-state index contributed by atoms with van der Waals surface area (Å²) >= 11 is 0. The fourth-order valence-electron chi connectivity index (χ4n) is 5.13. The Balaban J connectivity index is 1.33. The molecule has 2 aliphatic heterocycles. The van der Waals surface area contributed by atoms with Gasteiger partial charge >= 0.3 is 0 Å². The SMILES string of the molecule is CC12CCC(=O)N1c1ccccc1C(=O)N2CCC(=O)Nc1ccc2c(c1)CCC2. The Morgan fingerprint density at radius 3 is 2.73 bits per heavy atom. The predicted molar refractivity (Wildman–Crippen MR) is 114 cm³/mol. The molecule has 1 atom stereocenters. The highest BCUT2D eigenvalue weighted by Gasteiger charge is 2.52. The summed E-state index contributed by atoms with van der Waals surface area (Å²) in [4.78, 5) is 41.9. The zero-order valence-corrected chi connectivity index (χ0v) is 17.1. The van der Waals surface area contributed by atoms with Crippen molar-refractivity contribution in [3.63, 3.8) is 0 Å². The van der Waals surface area contributed by atoms with E-state index in [1.54, 1.807) is 21.9 Å². The summed E-state index contributed by atoms with van der Waals surface area (Å²) in [6.45, 7) is 2.19. The molecule has 5 rings (SSSR count). The first kappa shape index (κ1) is 18.9. The van der Waals surface area contributed by atoms with Crippen LogP contribution in [-0.2, 0) is 22.4 Å². The van der Waals surface area contributed by atoms with Crippen molar-refractivity contribution in [2.45, 2.75) is 51.1 Å². The molecule has 30 heavy (non-hydrogen) atoms. The van der Waals surface area contributed by atoms with Gasteiger partial charge in [-0.3, -0.25) is 19.3 Å². The number of amides is 3. The maximum absolute atomic E-state index is 13.2. The summed E-state index contributed by atoms with van der Waals surface area (Å²) in [6.07, 6.45) is 4.48. The van der Waals surface area contributed by atoms with Gasteiger partial charge in [0.05, 0.1) is 11.3 Å². The number of nitrogens with one attached hydrogen (secondary N) is 1. The summed E-state index contributed by atoms with van der Waals surface area (Å²) in [5.74, 6) is -0.228. The fourth-order valence-corrected chi connectivity index (χ4v) is 5.13. The second-order valence-corrected chi connectivity index (χ2v) is 8.56. The molecule has 1 aliphatic carbocycles. The molecule has 6 nitrogen and oxygen atoms in total. The fraction of sp³-hybridized carbons (Fsp3) is 0.375. The van der Waals surface area contributed by atoms with Gasteiger partial charge in [0.15, 0.2) is 0 Å². The Morgan fingerprint density at radius 2 is 1.87 bits per heavy atom. The van der Waals surface area contributed by atoms with Crippen LogP contribution in [0.5, 0.6) is 0 Å². The number of fused-ring (bicyclic) bond motifs is 4. The van der Waals surface area contributed by atoms with E-state index in [1.807, 2.05) is 25.1 Å². The van der Waals surface area contributed by atoms with Gasteiger partial charge in [0.1, 0.15) is 5.66 Å². The average Bonchev–Trinajstić information content (AvgIpc) is 3.32. The molecule has 0 spiro atoms. The second-order valence-electron chi connectivity index (χ2n) is 8.56. The number of carbonyl (C=O) groups excluding carboxylic acids is 3. The van der Waals surface area contributed by atoms with Crippen LogP contribution >= 0.6 is 0 Å². The highest BCUT2D eigenvalue weighted by molar-refractivity contribution is 6.10. The maximum Gasteiger partial charge on any atom is 0.257 e. The molecule has 1 fully saturated rings. The molecule has 3 aliphatic rings. The first-order chi connectivity index (χ1) is 14.5. The largest absolute Gasteiger partial charge is 0.326 e. The van der Waals surface area contributed by atoms with Crippen LogP contribution in [0, 0.1) is 0 Å². The maximum atomic E-state index is 13.2. The van der Waals surface area contributed by atoms with Gasteiger partial charge in [0.25, 0.3) is 5.91 Å². The lowest BCUT2D eigenvalue weighted by atomic mass is 9.98. The van der Waals surface area contributed by atoms with Crippen LogP contribution in [0.2, 0.25) is 0 Å². The van der Waals surface area contributed by atoms with Crippen molar-refractivity contribution in [2.75, 3.05) is 16.8 Å². The number of para-hydroxylation sites is 1. The monoisotopic (exact) mass is 403 g/mol. The van der Waals surface area contributed by atoms with Crippen molar-refractivity contribution >= 4 is 29.1 Å². The van der Waals surface area contributed by atoms with Gasteiger partial charge in [-0.1, -0.05) is 18.2 Å². The number of nitrogens with zero attached hydrogens (tertiary/aromatic N) is 2. The van der Waals surface area contributed by atoms with Crippen LogP contribution in [-0.4, -0.2) is 34.8 Å². The lowest BCUT2D eigenvalue weighted by molar-refractivity contribution is -0.117. The smallest absolute Gasteiger partial charge is 0.257 e. The molecule has 0 aromatic heterocycles. The standard InChI is InChI=1S/C24H25N3O3/c1-24-13-11-22(29)27(24)20-8-3-2-7-19(20)23(30)26(24)14-12-21(28)25-18-10-9-16-5-4-6-17(16)15-18/h2-3,7-10,15H,4-6,11-14H2,1H3,(H,25,28). The molecule has 6 heteroatoms. The van der Waals surface area contributed by atoms with Crippen molar-refractivity contribution < 1.29 is 14.4 Å². The molecular formula is C24H25N3O3. The molecule has 0 bridgehead atoms. The number of hydrogen-bond acceptors (Lipinski definition) is 3. The predicted octanol–water partition coefficient (Wildman–Crippen LogP) is 3.50. The Kier molecular flexibility index (Phi) is 4.38. The van der Waals surface area contributed by atoms with Gasteiger partial charge in [-0.15, -0.1) is 0 Å². The molecule has 2 aromatic carbocycles. The Labute approximate surface area is 175 Å². The second kappa shape index (κ2) is 6.97. The topological polar surface area (TPSA) is 69.7 Å². The van der Waals surface area contributed by atoms with Gasteiger partial charge in [-0.05, 0) is 68.0 Å². The third kappa shape index (κ3) is 2.90. The summed E-state index contributed by atoms with van der Waals surface area (Å²) in [5, 5.41) is 2.97. The van der Waals surface area contributed by atoms with E-state index in [0.717, 1.165) is 18.5 Å². The molecule has 0 saturated carbocycles. The van der Waals surface area contributed by atoms with E-state index < -0.39 is 5.66 Å². The van der Waals surface area contributed by atoms with Crippen LogP contribution in [0.15, 0.2) is 42.5 Å². The molecule has 3 amide bonds. The van der Waals surface area contributed by atoms with E-state index in [1.165, 1.54) is 17.5 Å². The van der Waals surface area contributed by atoms with E-state index in [2.05, 4.69) is 17.4 Å². The van der Waals surface area contributed by atoms with Crippen LogP contribution in [0.4, 0.5) is 11.4 Å². The van der Waals surface area contributed by atoms with Gasteiger partial charge in [0.2, 0.25) is 11.8 Å². The average molecular weight is 403 g/mol. The van der Waals surface area contributed by atoms with E-state index in [-0.39, 0.29) is 30.7 Å². The molecule has 2 heterocycles. The summed E-state index contributed by atoms with van der Waals surface area (Å²) < 4.78 is 0. The minimum Gasteiger partial charge on any atom is -0.326 e. The lowest BCUT2D eigenvalue weighted by Gasteiger charge is -2.48. The van der Waals surface area contributed by atoms with Gasteiger partial charge < -0.3 is 10.2 Å². The number of anilines is 2. The quantitative estimate of drug-likeness (QED) is 0.849. The molecule has 0 radical (unpaired) electrons. The van der Waals surface area contributed by atoms with Gasteiger partial charge in [0, 0.05) is 25.1 Å². The zero-order chi connectivity index (χ0) is 20.9. The molecule has 1 N–H and O–H groups in total. The normalized spacial score (nSPS) is 22.0. The van der Waals surface area contributed by atoms with Crippen LogP contribution in [0.25, 0.3) is 0 Å². The number of benzene rings is 2. The van der Waals surface area contributed by atoms with Crippen molar-refractivity contribution in [1.29, 1.82) is 0 Å². The lowest BCUT2D eigenvalue weighted by Crippen LogP contribution is -2.62. The summed E-state index contributed by atoms with van der Waals surface area (Å²) in [7, 11) is 0. The van der Waals surface area contributed by atoms with Crippen LogP contribution in [0.1, 0.15) is 54.1 Å². The van der Waals surface area contributed by atoms with Crippen molar-refractivity contribution in [3.8, 4) is 0 Å². The summed E-state index contributed by atoms with van der Waals surface area (Å²) in [6, 6.07) is 13.3. The zero-order valence-electron chi connectivity index (χ0n) is 17.1. The van der Waals surface area contributed by atoms with Gasteiger partial charge in [-0.2, -0.15) is 0 Å². The van der Waals surface area contributed by atoms with Gasteiger partial charge in [-0.25, -0.2) is 0 Å². The van der Waals surface area contributed by atoms with E-state index in [0.29, 0.717) is 24.1 Å². The highest BCUT2D eigenvalue weighted by atomic mass is 16.2. The third-order valence-electron chi connectivity index (χ3n) is 6.69. The Morgan fingerprint density at radius 1 is 1.07 bits per heavy atom. The van der Waals surface area contributed by atoms with Crippen molar-refractivity contribution in [2.24, 2.45) is 0 Å². The van der Waals surface area contributed by atoms with E-state index in [4.69, 9.17) is 0 Å². The van der Waals surface area contributed by atoms with E-state index in [9.17, 15) is 14.4 Å². The first-order valence-corrected chi connectivity index (χ1v) is 10.6. The molecule has 154 valence electrons. The summed E-state index contributed by atoms with van der Waals surface area (Å²) in [5.41, 5.74) is 3.94. The first-order valence-electron chi connectivity index (χ1n) is 10.6. The molecule has 1 saturated heterocycles. The minimum absolute atomic E-state index is 0.0186. The molecule has 2 aromatic rings. The number of hydrogen-bond donors (Lipinski definition) is 1. The highest BCUT2D eigenvalue weighted by Crippen LogP contribution is 2.44. The molecule has 1 unspecified atom stereocenters. The number of aryl methyl sites for hydroxylation is 2. The number of carbonyl (C=O) groups is 3. The molecular weight excluding hydrogens is 378 g/mol. The van der Waals surface area contributed by atoms with Crippen LogP contribution < -0.4 is 10.2 Å². The third-order valence-corrected chi connectivity index (χ3v) is 6.69. The van der Waals surface area contributed by atoms with Crippen molar-refractivity contribution in [3.05, 3.63) is 59.2 Å². The Hall–Kier alpha value is -3.15. The minimum atomic E-state index is -0.726.